The maximum Gasteiger partial charge on any atom is 0.408 e. The zero-order chi connectivity index (χ0) is 31.8. The first-order valence-electron chi connectivity index (χ1n) is 15.0. The molecule has 0 saturated heterocycles. The Morgan fingerprint density at radius 2 is 1.57 bits per heavy atom. The Morgan fingerprint density at radius 1 is 0.952 bits per heavy atom. The fraction of sp³-hybridized carbons (Fsp3) is 0.559. The van der Waals surface area contributed by atoms with Gasteiger partial charge in [-0.1, -0.05) is 50.6 Å². The van der Waals surface area contributed by atoms with Crippen molar-refractivity contribution >= 4 is 17.9 Å². The number of nitrogens with one attached hydrogen (secondary N) is 2. The number of phenols is 1. The molecule has 0 spiro atoms. The van der Waals surface area contributed by atoms with Gasteiger partial charge in [0.15, 0.2) is 0 Å². The number of phenolic OH excluding ortho intramolecular Hbond substituents is 1. The molecule has 8 heteroatoms. The predicted octanol–water partition coefficient (Wildman–Crippen LogP) is 6.51. The molecule has 3 unspecified atom stereocenters. The van der Waals surface area contributed by atoms with E-state index in [0.717, 1.165) is 35.1 Å². The minimum atomic E-state index is -1.04. The Balaban J connectivity index is 2.72. The fourth-order valence-corrected chi connectivity index (χ4v) is 4.93. The molecule has 3 atom stereocenters. The van der Waals surface area contributed by atoms with Gasteiger partial charge in [0.2, 0.25) is 11.8 Å². The minimum Gasteiger partial charge on any atom is -0.508 e. The number of rotatable bonds is 12. The highest BCUT2D eigenvalue weighted by Crippen LogP contribution is 2.35. The van der Waals surface area contributed by atoms with Gasteiger partial charge in [-0.3, -0.25) is 9.59 Å². The third-order valence-electron chi connectivity index (χ3n) is 7.68. The number of alkyl carbamates (subject to hydrolysis) is 1. The van der Waals surface area contributed by atoms with Crippen molar-refractivity contribution in [3.05, 3.63) is 64.7 Å². The second-order valence-corrected chi connectivity index (χ2v) is 12.8. The second kappa shape index (κ2) is 14.6. The number of aromatic hydroxyl groups is 1. The van der Waals surface area contributed by atoms with Crippen molar-refractivity contribution in [3.63, 3.8) is 0 Å². The first-order valence-corrected chi connectivity index (χ1v) is 15.0. The molecule has 0 aliphatic rings. The lowest BCUT2D eigenvalue weighted by Crippen LogP contribution is -2.60. The summed E-state index contributed by atoms with van der Waals surface area (Å²) >= 11 is 0. The van der Waals surface area contributed by atoms with Crippen LogP contribution in [-0.2, 0) is 20.7 Å². The van der Waals surface area contributed by atoms with Crippen molar-refractivity contribution in [3.8, 4) is 5.75 Å². The Hall–Kier alpha value is -3.55. The number of hydrogen-bond acceptors (Lipinski definition) is 5. The molecule has 8 nitrogen and oxygen atoms in total. The van der Waals surface area contributed by atoms with Crippen LogP contribution in [0.4, 0.5) is 4.79 Å². The molecule has 232 valence electrons. The third-order valence-corrected chi connectivity index (χ3v) is 7.68. The largest absolute Gasteiger partial charge is 0.508 e. The molecule has 3 N–H and O–H groups in total. The Morgan fingerprint density at radius 3 is 2.12 bits per heavy atom. The van der Waals surface area contributed by atoms with E-state index in [4.69, 9.17) is 4.74 Å². The number of aryl methyl sites for hydroxylation is 1. The van der Waals surface area contributed by atoms with Crippen LogP contribution in [0.2, 0.25) is 0 Å². The number of benzene rings is 2. The summed E-state index contributed by atoms with van der Waals surface area (Å²) in [6, 6.07) is 10.2. The van der Waals surface area contributed by atoms with Gasteiger partial charge in [-0.15, -0.1) is 0 Å². The summed E-state index contributed by atoms with van der Waals surface area (Å²) in [4.78, 5) is 43.6. The molecule has 42 heavy (non-hydrogen) atoms. The number of amides is 3. The van der Waals surface area contributed by atoms with Crippen molar-refractivity contribution in [1.82, 2.24) is 15.5 Å². The molecular weight excluding hydrogens is 530 g/mol. The van der Waals surface area contributed by atoms with Gasteiger partial charge in [-0.05, 0) is 103 Å². The van der Waals surface area contributed by atoms with Crippen LogP contribution in [0.5, 0.6) is 5.75 Å². The van der Waals surface area contributed by atoms with Crippen molar-refractivity contribution in [2.24, 2.45) is 0 Å². The second-order valence-electron chi connectivity index (χ2n) is 12.8. The quantitative estimate of drug-likeness (QED) is 0.265. The highest BCUT2D eigenvalue weighted by molar-refractivity contribution is 5.93. The first-order chi connectivity index (χ1) is 19.5. The molecule has 0 aliphatic carbocycles. The predicted molar refractivity (Wildman–Crippen MR) is 167 cm³/mol. The molecule has 2 aromatic carbocycles. The number of carbonyl (C=O) groups is 3. The van der Waals surface area contributed by atoms with Crippen LogP contribution in [0.25, 0.3) is 0 Å². The maximum atomic E-state index is 14.8. The highest BCUT2D eigenvalue weighted by Gasteiger charge is 2.44. The van der Waals surface area contributed by atoms with Crippen molar-refractivity contribution in [2.45, 2.75) is 124 Å². The Labute approximate surface area is 252 Å². The molecule has 0 bridgehead atoms. The lowest BCUT2D eigenvalue weighted by Gasteiger charge is -2.45. The first kappa shape index (κ1) is 34.7. The molecule has 0 saturated carbocycles. The molecule has 0 fully saturated rings. The van der Waals surface area contributed by atoms with E-state index in [-0.39, 0.29) is 24.1 Å². The van der Waals surface area contributed by atoms with Gasteiger partial charge in [0.1, 0.15) is 23.4 Å². The van der Waals surface area contributed by atoms with Crippen molar-refractivity contribution in [2.75, 3.05) is 0 Å². The van der Waals surface area contributed by atoms with E-state index in [1.807, 2.05) is 59.7 Å². The van der Waals surface area contributed by atoms with Crippen LogP contribution in [0.15, 0.2) is 42.5 Å². The monoisotopic (exact) mass is 581 g/mol. The molecule has 0 aromatic heterocycles. The summed E-state index contributed by atoms with van der Waals surface area (Å²) in [6.07, 6.45) is 1.70. The summed E-state index contributed by atoms with van der Waals surface area (Å²) in [5.41, 5.74) is 1.90. The molecule has 2 aromatic rings. The molecular formula is C34H51N3O5. The summed E-state index contributed by atoms with van der Waals surface area (Å²) < 4.78 is 5.53. The van der Waals surface area contributed by atoms with E-state index < -0.39 is 35.2 Å². The molecule has 3 amide bonds. The summed E-state index contributed by atoms with van der Waals surface area (Å²) in [7, 11) is 0. The third kappa shape index (κ3) is 9.50. The fourth-order valence-electron chi connectivity index (χ4n) is 4.93. The van der Waals surface area contributed by atoms with E-state index in [1.165, 1.54) is 0 Å². The van der Waals surface area contributed by atoms with Gasteiger partial charge in [-0.25, -0.2) is 4.79 Å². The Bertz CT molecular complexity index is 1220. The zero-order valence-corrected chi connectivity index (χ0v) is 27.1. The van der Waals surface area contributed by atoms with Crippen LogP contribution >= 0.6 is 0 Å². The lowest BCUT2D eigenvalue weighted by atomic mass is 9.88. The maximum absolute atomic E-state index is 14.8. The summed E-state index contributed by atoms with van der Waals surface area (Å²) in [5.74, 6) is -0.562. The van der Waals surface area contributed by atoms with Crippen LogP contribution in [0.1, 0.15) is 103 Å². The van der Waals surface area contributed by atoms with Crippen LogP contribution < -0.4 is 10.6 Å². The van der Waals surface area contributed by atoms with E-state index in [2.05, 4.69) is 17.6 Å². The number of carbonyl (C=O) groups excluding carboxylic acids is 3. The van der Waals surface area contributed by atoms with Gasteiger partial charge >= 0.3 is 6.09 Å². The van der Waals surface area contributed by atoms with Gasteiger partial charge in [0, 0.05) is 18.0 Å². The van der Waals surface area contributed by atoms with E-state index in [1.54, 1.807) is 49.9 Å². The SMILES string of the molecule is CCCC(C)NC(=O)C(c1cccc(C)c1C)N(C(=O)C(Cc1ccc(O)cc1)NC(=O)OC(C)(C)C)C(C)(C)CC. The van der Waals surface area contributed by atoms with E-state index in [0.29, 0.717) is 6.42 Å². The van der Waals surface area contributed by atoms with Crippen LogP contribution in [0.3, 0.4) is 0 Å². The standard InChI is InChI=1S/C34H51N3O5/c1-11-14-23(4)35-30(39)29(27-16-13-15-22(3)24(27)5)37(34(9,10)12-2)31(40)28(36-32(41)42-33(6,7)8)21-25-17-19-26(38)20-18-25/h13,15-20,23,28-29,38H,11-12,14,21H2,1-10H3,(H,35,39)(H,36,41). The minimum absolute atomic E-state index is 0.0792. The topological polar surface area (TPSA) is 108 Å². The van der Waals surface area contributed by atoms with Crippen molar-refractivity contribution in [1.29, 1.82) is 0 Å². The van der Waals surface area contributed by atoms with Gasteiger partial charge < -0.3 is 25.4 Å². The summed E-state index contributed by atoms with van der Waals surface area (Å²) in [6.45, 7) is 19.1. The molecule has 0 heterocycles. The Kier molecular flexibility index (Phi) is 12.0. The normalized spacial score (nSPS) is 14.0. The number of hydrogen-bond donors (Lipinski definition) is 3. The van der Waals surface area contributed by atoms with Gasteiger partial charge in [0.05, 0.1) is 0 Å². The average Bonchev–Trinajstić information content (AvgIpc) is 2.88. The van der Waals surface area contributed by atoms with Gasteiger partial charge in [-0.2, -0.15) is 0 Å². The summed E-state index contributed by atoms with van der Waals surface area (Å²) in [5, 5.41) is 15.8. The number of nitrogens with zero attached hydrogens (tertiary/aromatic N) is 1. The van der Waals surface area contributed by atoms with E-state index in [9.17, 15) is 19.5 Å². The molecule has 0 radical (unpaired) electrons. The smallest absolute Gasteiger partial charge is 0.408 e. The molecule has 0 aliphatic heterocycles. The highest BCUT2D eigenvalue weighted by atomic mass is 16.6. The number of ether oxygens (including phenoxy) is 1. The zero-order valence-electron chi connectivity index (χ0n) is 27.1. The average molecular weight is 582 g/mol. The molecule has 2 rings (SSSR count). The van der Waals surface area contributed by atoms with E-state index >= 15 is 0 Å². The lowest BCUT2D eigenvalue weighted by molar-refractivity contribution is -0.149. The van der Waals surface area contributed by atoms with Crippen molar-refractivity contribution < 1.29 is 24.2 Å². The van der Waals surface area contributed by atoms with Crippen LogP contribution in [0, 0.1) is 13.8 Å². The van der Waals surface area contributed by atoms with Crippen LogP contribution in [-0.4, -0.2) is 51.1 Å². The van der Waals surface area contributed by atoms with Gasteiger partial charge in [0.25, 0.3) is 0 Å².